The Hall–Kier alpha value is -3.36. The average Bonchev–Trinajstić information content (AvgIpc) is 3.24. The van der Waals surface area contributed by atoms with Crippen LogP contribution in [0, 0.1) is 12.8 Å². The summed E-state index contributed by atoms with van der Waals surface area (Å²) in [4.78, 5) is 41.1. The minimum absolute atomic E-state index is 0.0413. The predicted molar refractivity (Wildman–Crippen MR) is 139 cm³/mol. The van der Waals surface area contributed by atoms with Crippen molar-refractivity contribution in [3.63, 3.8) is 0 Å². The van der Waals surface area contributed by atoms with Crippen molar-refractivity contribution in [2.75, 3.05) is 19.0 Å². The van der Waals surface area contributed by atoms with Crippen LogP contribution in [0.1, 0.15) is 77.7 Å². The van der Waals surface area contributed by atoms with Crippen LogP contribution in [0.4, 0.5) is 5.82 Å². The van der Waals surface area contributed by atoms with Crippen molar-refractivity contribution in [3.05, 3.63) is 41.7 Å². The highest BCUT2D eigenvalue weighted by molar-refractivity contribution is 5.94. The van der Waals surface area contributed by atoms with Crippen molar-refractivity contribution >= 4 is 23.5 Å². The first-order valence-corrected chi connectivity index (χ1v) is 12.4. The van der Waals surface area contributed by atoms with Gasteiger partial charge in [0.05, 0.1) is 7.11 Å². The smallest absolute Gasteiger partial charge is 0.247 e. The minimum atomic E-state index is -0.839. The third-order valence-electron chi connectivity index (χ3n) is 6.07. The number of carbonyl (C=O) groups excluding carboxylic acids is 3. The Labute approximate surface area is 213 Å². The number of anilines is 1. The van der Waals surface area contributed by atoms with Crippen molar-refractivity contribution in [1.82, 2.24) is 15.4 Å². The first-order valence-electron chi connectivity index (χ1n) is 12.4. The van der Waals surface area contributed by atoms with Crippen molar-refractivity contribution in [2.24, 2.45) is 5.92 Å². The number of hydrogen-bond acceptors (Lipinski definition) is 6. The maximum atomic E-state index is 13.6. The molecule has 0 bridgehead atoms. The average molecular weight is 501 g/mol. The van der Waals surface area contributed by atoms with Gasteiger partial charge in [-0.1, -0.05) is 38.1 Å². The van der Waals surface area contributed by atoms with E-state index in [0.29, 0.717) is 41.8 Å². The summed E-state index contributed by atoms with van der Waals surface area (Å²) in [6.45, 7) is 12.1. The molecular formula is C27H40N4O5. The number of nitrogens with one attached hydrogen (secondary N) is 2. The number of rotatable bonds is 13. The van der Waals surface area contributed by atoms with E-state index in [2.05, 4.69) is 29.6 Å². The Morgan fingerprint density at radius 1 is 1.14 bits per heavy atom. The Morgan fingerprint density at radius 2 is 1.81 bits per heavy atom. The fraction of sp³-hybridized carbons (Fsp3) is 0.556. The molecule has 1 aromatic carbocycles. The molecular weight excluding hydrogens is 460 g/mol. The molecule has 0 aliphatic heterocycles. The molecule has 36 heavy (non-hydrogen) atoms. The van der Waals surface area contributed by atoms with E-state index in [4.69, 9.17) is 9.26 Å². The minimum Gasteiger partial charge on any atom is -0.497 e. The molecule has 0 unspecified atom stereocenters. The third-order valence-corrected chi connectivity index (χ3v) is 6.07. The maximum absolute atomic E-state index is 13.6. The zero-order valence-electron chi connectivity index (χ0n) is 22.5. The number of ether oxygens (including phenoxy) is 1. The van der Waals surface area contributed by atoms with E-state index in [-0.39, 0.29) is 30.6 Å². The third kappa shape index (κ3) is 8.70. The molecule has 0 saturated carbocycles. The van der Waals surface area contributed by atoms with Gasteiger partial charge in [-0.2, -0.15) is 0 Å². The van der Waals surface area contributed by atoms with Crippen molar-refractivity contribution in [1.29, 1.82) is 0 Å². The molecule has 2 N–H and O–H groups in total. The Kier molecular flexibility index (Phi) is 10.5. The fourth-order valence-electron chi connectivity index (χ4n) is 3.54. The Morgan fingerprint density at radius 3 is 2.33 bits per heavy atom. The quantitative estimate of drug-likeness (QED) is 0.414. The molecule has 9 nitrogen and oxygen atoms in total. The fourth-order valence-corrected chi connectivity index (χ4v) is 3.54. The molecule has 2 rings (SSSR count). The molecule has 0 aliphatic rings. The summed E-state index contributed by atoms with van der Waals surface area (Å²) < 4.78 is 10.2. The number of carbonyl (C=O) groups is 3. The number of aromatic nitrogens is 1. The molecule has 0 fully saturated rings. The van der Waals surface area contributed by atoms with Crippen LogP contribution in [0.25, 0.3) is 0 Å². The lowest BCUT2D eigenvalue weighted by Gasteiger charge is -2.35. The van der Waals surface area contributed by atoms with Crippen LogP contribution in [0.5, 0.6) is 5.75 Å². The van der Waals surface area contributed by atoms with Gasteiger partial charge in [0.1, 0.15) is 17.6 Å². The monoisotopic (exact) mass is 500 g/mol. The van der Waals surface area contributed by atoms with E-state index >= 15 is 0 Å². The first kappa shape index (κ1) is 28.9. The number of methoxy groups -OCH3 is 1. The van der Waals surface area contributed by atoms with Crippen LogP contribution in [0.15, 0.2) is 34.9 Å². The summed E-state index contributed by atoms with van der Waals surface area (Å²) in [5, 5.41) is 9.48. The highest BCUT2D eigenvalue weighted by Crippen LogP contribution is 2.27. The van der Waals surface area contributed by atoms with Crippen LogP contribution >= 0.6 is 0 Å². The van der Waals surface area contributed by atoms with Gasteiger partial charge in [-0.05, 0) is 57.2 Å². The summed E-state index contributed by atoms with van der Waals surface area (Å²) in [5.41, 5.74) is 0.240. The van der Waals surface area contributed by atoms with Crippen molar-refractivity contribution in [2.45, 2.75) is 78.8 Å². The standard InChI is InChI=1S/C27H40N4O5/c1-8-27(5,6)29-26(34)25(20-9-11-21(35-7)12-10-20)31(16-15-18(2)3)24(33)14-13-23(32)28-22-17-19(4)36-30-22/h9-12,17-18,25H,8,13-16H2,1-7H3,(H,29,34)(H,28,30,32)/t25-/m1/s1. The number of nitrogens with zero attached hydrogens (tertiary/aromatic N) is 2. The maximum Gasteiger partial charge on any atom is 0.247 e. The lowest BCUT2D eigenvalue weighted by Crippen LogP contribution is -2.50. The van der Waals surface area contributed by atoms with E-state index in [1.807, 2.05) is 20.8 Å². The molecule has 0 radical (unpaired) electrons. The van der Waals surface area contributed by atoms with Gasteiger partial charge in [-0.3, -0.25) is 14.4 Å². The highest BCUT2D eigenvalue weighted by Gasteiger charge is 2.34. The Bertz CT molecular complexity index is 1010. The second-order valence-corrected chi connectivity index (χ2v) is 10.0. The second-order valence-electron chi connectivity index (χ2n) is 10.0. The Balaban J connectivity index is 2.30. The van der Waals surface area contributed by atoms with Gasteiger partial charge in [0.25, 0.3) is 0 Å². The van der Waals surface area contributed by atoms with Gasteiger partial charge in [0.15, 0.2) is 5.82 Å². The second kappa shape index (κ2) is 13.1. The van der Waals surface area contributed by atoms with Gasteiger partial charge in [-0.25, -0.2) is 0 Å². The van der Waals surface area contributed by atoms with E-state index in [0.717, 1.165) is 6.42 Å². The number of aryl methyl sites for hydroxylation is 1. The molecule has 0 spiro atoms. The summed E-state index contributed by atoms with van der Waals surface area (Å²) in [6.07, 6.45) is 1.36. The lowest BCUT2D eigenvalue weighted by atomic mass is 9.97. The van der Waals surface area contributed by atoms with Gasteiger partial charge in [0, 0.05) is 31.0 Å². The first-order chi connectivity index (χ1) is 17.0. The molecule has 0 aliphatic carbocycles. The molecule has 0 saturated heterocycles. The number of benzene rings is 1. The predicted octanol–water partition coefficient (Wildman–Crippen LogP) is 4.63. The van der Waals surface area contributed by atoms with E-state index < -0.39 is 11.6 Å². The van der Waals surface area contributed by atoms with Crippen LogP contribution in [-0.4, -0.2) is 47.0 Å². The lowest BCUT2D eigenvalue weighted by molar-refractivity contribution is -0.142. The van der Waals surface area contributed by atoms with Gasteiger partial charge in [0.2, 0.25) is 17.7 Å². The normalized spacial score (nSPS) is 12.2. The van der Waals surface area contributed by atoms with E-state index in [9.17, 15) is 14.4 Å². The van der Waals surface area contributed by atoms with E-state index in [1.54, 1.807) is 49.3 Å². The summed E-state index contributed by atoms with van der Waals surface area (Å²) in [6, 6.07) is 7.93. The number of hydrogen-bond donors (Lipinski definition) is 2. The molecule has 2 aromatic rings. The molecule has 1 heterocycles. The summed E-state index contributed by atoms with van der Waals surface area (Å²) in [7, 11) is 1.58. The molecule has 1 atom stereocenters. The van der Waals surface area contributed by atoms with Crippen LogP contribution in [-0.2, 0) is 14.4 Å². The number of amides is 3. The van der Waals surface area contributed by atoms with Crippen molar-refractivity contribution < 1.29 is 23.6 Å². The molecule has 3 amide bonds. The SMILES string of the molecule is CCC(C)(C)NC(=O)[C@@H](c1ccc(OC)cc1)N(CCC(C)C)C(=O)CCC(=O)Nc1cc(C)on1. The summed E-state index contributed by atoms with van der Waals surface area (Å²) >= 11 is 0. The van der Waals surface area contributed by atoms with Gasteiger partial charge in [-0.15, -0.1) is 0 Å². The summed E-state index contributed by atoms with van der Waals surface area (Å²) in [5.74, 6) is 0.984. The van der Waals surface area contributed by atoms with Crippen LogP contribution < -0.4 is 15.4 Å². The molecule has 9 heteroatoms. The largest absolute Gasteiger partial charge is 0.497 e. The topological polar surface area (TPSA) is 114 Å². The van der Waals surface area contributed by atoms with Crippen LogP contribution in [0.3, 0.4) is 0 Å². The van der Waals surface area contributed by atoms with Crippen molar-refractivity contribution in [3.8, 4) is 5.75 Å². The van der Waals surface area contributed by atoms with Gasteiger partial charge >= 0.3 is 0 Å². The highest BCUT2D eigenvalue weighted by atomic mass is 16.5. The van der Waals surface area contributed by atoms with Crippen LogP contribution in [0.2, 0.25) is 0 Å². The molecule has 1 aromatic heterocycles. The zero-order valence-corrected chi connectivity index (χ0v) is 22.5. The zero-order chi connectivity index (χ0) is 26.9. The molecule has 198 valence electrons. The van der Waals surface area contributed by atoms with Gasteiger partial charge < -0.3 is 24.8 Å². The van der Waals surface area contributed by atoms with E-state index in [1.165, 1.54) is 0 Å².